The maximum absolute atomic E-state index is 15.2. The second kappa shape index (κ2) is 15.0. The zero-order valence-corrected chi connectivity index (χ0v) is 26.2. The van der Waals surface area contributed by atoms with Crippen LogP contribution in [0.1, 0.15) is 35.7 Å². The number of cyclic esters (lactones) is 1. The summed E-state index contributed by atoms with van der Waals surface area (Å²) in [6, 6.07) is 11.4. The Morgan fingerprint density at radius 1 is 1.02 bits per heavy atom. The number of nitrogens with one attached hydrogen (secondary N) is 2. The minimum Gasteiger partial charge on any atom is -0.442 e. The second-order valence-electron chi connectivity index (χ2n) is 11.5. The van der Waals surface area contributed by atoms with E-state index in [0.29, 0.717) is 49.5 Å². The summed E-state index contributed by atoms with van der Waals surface area (Å²) in [4.78, 5) is 67.9. The van der Waals surface area contributed by atoms with E-state index >= 15 is 4.39 Å². The van der Waals surface area contributed by atoms with Crippen molar-refractivity contribution in [2.45, 2.75) is 38.3 Å². The van der Waals surface area contributed by atoms with E-state index in [1.807, 2.05) is 36.0 Å². The molecule has 2 fully saturated rings. The predicted octanol–water partition coefficient (Wildman–Crippen LogP) is 1.82. The fraction of sp³-hybridized carbons (Fsp3) is 0.469. The minimum atomic E-state index is -0.601. The maximum atomic E-state index is 15.2. The Kier molecular flexibility index (Phi) is 11.1. The average Bonchev–Trinajstić information content (AvgIpc) is 3.41. The largest absolute Gasteiger partial charge is 0.442 e. The van der Waals surface area contributed by atoms with E-state index in [1.54, 1.807) is 36.2 Å². The Labute approximate surface area is 262 Å². The Balaban J connectivity index is 1.24. The van der Waals surface area contributed by atoms with Crippen LogP contribution in [0.15, 0.2) is 42.5 Å². The first kappa shape index (κ1) is 33.4. The number of amides is 4. The quantitative estimate of drug-likeness (QED) is 0.342. The number of carbonyl (C=O) groups excluding carboxylic acids is 5. The van der Waals surface area contributed by atoms with Crippen LogP contribution in [0.2, 0.25) is 0 Å². The molecule has 12 nitrogen and oxygen atoms in total. The lowest BCUT2D eigenvalue weighted by Crippen LogP contribution is -2.49. The maximum Gasteiger partial charge on any atom is 0.414 e. The minimum absolute atomic E-state index is 0.0802. The van der Waals surface area contributed by atoms with Gasteiger partial charge in [0.1, 0.15) is 11.9 Å². The molecule has 2 heterocycles. The Bertz CT molecular complexity index is 1410. The van der Waals surface area contributed by atoms with Gasteiger partial charge in [-0.15, -0.1) is 0 Å². The highest BCUT2D eigenvalue weighted by Crippen LogP contribution is 2.28. The molecule has 0 saturated carbocycles. The molecule has 2 N–H and O–H groups in total. The lowest BCUT2D eigenvalue weighted by molar-refractivity contribution is -0.131. The number of anilines is 2. The third-order valence-electron chi connectivity index (χ3n) is 8.11. The number of rotatable bonds is 12. The smallest absolute Gasteiger partial charge is 0.414 e. The molecular weight excluding hydrogens is 583 g/mol. The molecule has 0 radical (unpaired) electrons. The summed E-state index contributed by atoms with van der Waals surface area (Å²) >= 11 is 0. The third kappa shape index (κ3) is 8.56. The summed E-state index contributed by atoms with van der Waals surface area (Å²) in [5.41, 5.74) is 2.18. The van der Waals surface area contributed by atoms with Gasteiger partial charge in [0, 0.05) is 58.6 Å². The van der Waals surface area contributed by atoms with Gasteiger partial charge in [0.25, 0.3) is 0 Å². The highest BCUT2D eigenvalue weighted by Gasteiger charge is 2.33. The number of piperazine rings is 1. The van der Waals surface area contributed by atoms with Crippen molar-refractivity contribution in [3.05, 3.63) is 59.4 Å². The number of ketones is 1. The van der Waals surface area contributed by atoms with Crippen molar-refractivity contribution in [2.75, 3.05) is 70.2 Å². The molecule has 0 aromatic heterocycles. The Hall–Kier alpha value is -4.52. The van der Waals surface area contributed by atoms with Crippen LogP contribution in [0.4, 0.5) is 20.6 Å². The van der Waals surface area contributed by atoms with Crippen molar-refractivity contribution in [1.29, 1.82) is 0 Å². The molecule has 0 bridgehead atoms. The summed E-state index contributed by atoms with van der Waals surface area (Å²) in [5.74, 6) is -1.06. The summed E-state index contributed by atoms with van der Waals surface area (Å²) in [6.45, 7) is 3.39. The lowest BCUT2D eigenvalue weighted by atomic mass is 10.00. The molecule has 13 heteroatoms. The number of hydrogen-bond acceptors (Lipinski definition) is 8. The number of hydrogen-bond donors (Lipinski definition) is 2. The molecule has 1 unspecified atom stereocenters. The zero-order valence-electron chi connectivity index (χ0n) is 26.2. The van der Waals surface area contributed by atoms with E-state index in [4.69, 9.17) is 4.74 Å². The normalized spacial score (nSPS) is 17.2. The van der Waals surface area contributed by atoms with E-state index < -0.39 is 18.0 Å². The number of Topliss-reactive ketones (excluding diaryl/α,β-unsaturated/α-hetero) is 1. The third-order valence-corrected chi connectivity index (χ3v) is 8.11. The Morgan fingerprint density at radius 3 is 2.31 bits per heavy atom. The number of halogens is 1. The van der Waals surface area contributed by atoms with Crippen LogP contribution in [0.5, 0.6) is 0 Å². The van der Waals surface area contributed by atoms with Gasteiger partial charge in [-0.3, -0.25) is 29.0 Å². The van der Waals surface area contributed by atoms with Gasteiger partial charge < -0.3 is 25.2 Å². The highest BCUT2D eigenvalue weighted by atomic mass is 19.1. The fourth-order valence-electron chi connectivity index (χ4n) is 5.46. The lowest BCUT2D eigenvalue weighted by Gasteiger charge is -2.36. The zero-order chi connectivity index (χ0) is 32.7. The van der Waals surface area contributed by atoms with E-state index in [1.165, 1.54) is 17.9 Å². The highest BCUT2D eigenvalue weighted by molar-refractivity contribution is 5.98. The van der Waals surface area contributed by atoms with Crippen molar-refractivity contribution in [2.24, 2.45) is 0 Å². The van der Waals surface area contributed by atoms with Crippen molar-refractivity contribution in [3.63, 3.8) is 0 Å². The van der Waals surface area contributed by atoms with Gasteiger partial charge in [-0.05, 0) is 44.3 Å². The summed E-state index contributed by atoms with van der Waals surface area (Å²) in [6.07, 6.45) is -0.451. The molecule has 2 aliphatic heterocycles. The van der Waals surface area contributed by atoms with Crippen LogP contribution in [-0.4, -0.2) is 112 Å². The molecule has 0 spiro atoms. The molecule has 0 aliphatic carbocycles. The van der Waals surface area contributed by atoms with E-state index in [0.717, 1.165) is 5.56 Å². The molecule has 2 aromatic rings. The van der Waals surface area contributed by atoms with Gasteiger partial charge in [0.05, 0.1) is 30.5 Å². The number of nitrogens with zero attached hydrogens (tertiary/aromatic N) is 4. The molecular formula is C32H41FN6O6. The predicted molar refractivity (Wildman–Crippen MR) is 167 cm³/mol. The second-order valence-corrected chi connectivity index (χ2v) is 11.5. The van der Waals surface area contributed by atoms with Crippen LogP contribution in [-0.2, 0) is 25.5 Å². The first-order valence-electron chi connectivity index (χ1n) is 15.0. The van der Waals surface area contributed by atoms with Crippen LogP contribution >= 0.6 is 0 Å². The van der Waals surface area contributed by atoms with Gasteiger partial charge >= 0.3 is 6.09 Å². The summed E-state index contributed by atoms with van der Waals surface area (Å²) in [7, 11) is 5.28. The van der Waals surface area contributed by atoms with E-state index in [-0.39, 0.29) is 55.5 Å². The molecule has 2 saturated heterocycles. The number of ether oxygens (including phenoxy) is 1. The number of likely N-dealkylation sites (N-methyl/N-ethyl adjacent to an activating group) is 2. The van der Waals surface area contributed by atoms with Gasteiger partial charge in [0.2, 0.25) is 17.7 Å². The first-order chi connectivity index (χ1) is 21.5. The van der Waals surface area contributed by atoms with Gasteiger partial charge in [-0.2, -0.15) is 0 Å². The first-order valence-corrected chi connectivity index (χ1v) is 15.0. The van der Waals surface area contributed by atoms with Crippen molar-refractivity contribution >= 4 is 41.0 Å². The molecule has 2 atom stereocenters. The van der Waals surface area contributed by atoms with Crippen LogP contribution < -0.4 is 20.4 Å². The number of benzene rings is 2. The molecule has 242 valence electrons. The molecule has 4 amide bonds. The van der Waals surface area contributed by atoms with Crippen LogP contribution in [0.25, 0.3) is 0 Å². The van der Waals surface area contributed by atoms with Crippen molar-refractivity contribution in [3.8, 4) is 0 Å². The molecule has 4 rings (SSSR count). The monoisotopic (exact) mass is 624 g/mol. The van der Waals surface area contributed by atoms with Crippen LogP contribution in [0, 0.1) is 5.82 Å². The standard InChI is InChI=1S/C32H41FN6O6/c1-21(40)35-19-25-20-39(32(44)45-25)24-9-10-27(26(33)18-24)37-13-15-38(16-14-37)30(42)12-11-29(41)23-7-5-22(6-8-23)17-28(36(3)4)31(43)34-2/h5-10,18,25,28H,11-17,19-20H2,1-4H3,(H,34,43)(H,35,40)/t25-,28?/m0/s1. The SMILES string of the molecule is CNC(=O)C(Cc1ccc(C(=O)CCC(=O)N2CCN(c3ccc(N4C[C@H](CNC(C)=O)OC4=O)cc3F)CC2)cc1)N(C)C. The summed E-state index contributed by atoms with van der Waals surface area (Å²) in [5, 5.41) is 5.28. The van der Waals surface area contributed by atoms with Crippen molar-refractivity contribution in [1.82, 2.24) is 20.4 Å². The van der Waals surface area contributed by atoms with Gasteiger partial charge in [-0.25, -0.2) is 9.18 Å². The van der Waals surface area contributed by atoms with Gasteiger partial charge in [-0.1, -0.05) is 24.3 Å². The summed E-state index contributed by atoms with van der Waals surface area (Å²) < 4.78 is 20.4. The molecule has 2 aliphatic rings. The topological polar surface area (TPSA) is 132 Å². The fourth-order valence-corrected chi connectivity index (χ4v) is 5.46. The van der Waals surface area contributed by atoms with Crippen LogP contribution in [0.3, 0.4) is 0 Å². The van der Waals surface area contributed by atoms with E-state index in [9.17, 15) is 24.0 Å². The Morgan fingerprint density at radius 2 is 1.71 bits per heavy atom. The van der Waals surface area contributed by atoms with Gasteiger partial charge in [0.15, 0.2) is 5.78 Å². The molecule has 45 heavy (non-hydrogen) atoms. The average molecular weight is 625 g/mol. The van der Waals surface area contributed by atoms with E-state index in [2.05, 4.69) is 10.6 Å². The van der Waals surface area contributed by atoms with Crippen molar-refractivity contribution < 1.29 is 33.1 Å². The number of carbonyl (C=O) groups is 5. The molecule has 2 aromatic carbocycles.